The summed E-state index contributed by atoms with van der Waals surface area (Å²) in [6, 6.07) is 0.517. The first-order chi connectivity index (χ1) is 13.6. The van der Waals surface area contributed by atoms with Crippen molar-refractivity contribution in [2.24, 2.45) is 17.6 Å². The van der Waals surface area contributed by atoms with Crippen molar-refractivity contribution >= 4 is 5.97 Å². The van der Waals surface area contributed by atoms with Crippen molar-refractivity contribution in [1.29, 1.82) is 5.26 Å². The molecule has 0 aromatic heterocycles. The van der Waals surface area contributed by atoms with E-state index in [1.165, 1.54) is 44.9 Å². The molecule has 9 heteroatoms. The maximum absolute atomic E-state index is 9.14. The quantitative estimate of drug-likeness (QED) is 0.122. The van der Waals surface area contributed by atoms with Gasteiger partial charge >= 0.3 is 51.4 Å². The second-order valence-electron chi connectivity index (χ2n) is 7.57. The van der Waals surface area contributed by atoms with E-state index in [1.54, 1.807) is 0 Å². The number of carboxylic acids is 1. The van der Waals surface area contributed by atoms with Crippen molar-refractivity contribution in [2.75, 3.05) is 13.2 Å². The topological polar surface area (TPSA) is 132 Å². The Bertz CT molecular complexity index is 474. The van der Waals surface area contributed by atoms with E-state index in [1.807, 2.05) is 6.26 Å². The molecule has 160 valence electrons. The summed E-state index contributed by atoms with van der Waals surface area (Å²) in [5, 5.41) is 17.7. The third-order valence-electron chi connectivity index (χ3n) is 5.48. The molecule has 0 amide bonds. The van der Waals surface area contributed by atoms with Crippen LogP contribution in [0.3, 0.4) is 0 Å². The minimum atomic E-state index is -1.23. The monoisotopic (exact) mass is 434 g/mol. The number of hydrogen-bond donors (Lipinski definition) is 3. The Morgan fingerprint density at radius 2 is 1.72 bits per heavy atom. The Morgan fingerprint density at radius 3 is 2.21 bits per heavy atom. The van der Waals surface area contributed by atoms with Gasteiger partial charge < -0.3 is 20.4 Å². The summed E-state index contributed by atoms with van der Waals surface area (Å²) in [4.78, 5) is 14.4. The van der Waals surface area contributed by atoms with Crippen LogP contribution in [0.5, 0.6) is 0 Å². The van der Waals surface area contributed by atoms with E-state index in [0.29, 0.717) is 19.2 Å². The Hall–Kier alpha value is -0.0236. The number of nitrogens with zero attached hydrogens (tertiary/aromatic N) is 1. The van der Waals surface area contributed by atoms with Gasteiger partial charge in [0.05, 0.1) is 12.6 Å². The van der Waals surface area contributed by atoms with Crippen molar-refractivity contribution in [1.82, 2.24) is 11.0 Å². The summed E-state index contributed by atoms with van der Waals surface area (Å²) in [7, 11) is 0. The number of nitriles is 1. The molecule has 0 aromatic rings. The molecule has 2 fully saturated rings. The van der Waals surface area contributed by atoms with Gasteiger partial charge in [-0.3, -0.25) is 4.84 Å². The van der Waals surface area contributed by atoms with E-state index < -0.39 is 5.97 Å². The molecule has 0 aromatic carbocycles. The van der Waals surface area contributed by atoms with Gasteiger partial charge in [0.25, 0.3) is 6.26 Å². The molecule has 2 aliphatic carbocycles. The van der Waals surface area contributed by atoms with Gasteiger partial charge in [0.15, 0.2) is 0 Å². The molecule has 0 unspecified atom stereocenters. The number of rotatable bonds is 10. The second kappa shape index (κ2) is 18.7. The van der Waals surface area contributed by atoms with Gasteiger partial charge in [-0.05, 0) is 88.7 Å². The van der Waals surface area contributed by atoms with E-state index in [9.17, 15) is 0 Å². The molecule has 8 nitrogen and oxygen atoms in total. The third-order valence-corrected chi connectivity index (χ3v) is 5.48. The molecule has 2 saturated carbocycles. The van der Waals surface area contributed by atoms with E-state index in [0.717, 1.165) is 37.2 Å². The predicted molar refractivity (Wildman–Crippen MR) is 104 cm³/mol. The summed E-state index contributed by atoms with van der Waals surface area (Å²) in [5.74, 6) is 0.468. The smallest absolute Gasteiger partial charge is 0.545 e. The first kappa shape index (κ1) is 29.0. The molecule has 0 spiro atoms. The third kappa shape index (κ3) is 14.6. The summed E-state index contributed by atoms with van der Waals surface area (Å²) < 4.78 is 5.07. The van der Waals surface area contributed by atoms with E-state index in [4.69, 9.17) is 30.5 Å². The Labute approximate surface area is 217 Å². The maximum atomic E-state index is 9.14. The van der Waals surface area contributed by atoms with Crippen LogP contribution < -0.4 is 73.2 Å². The molecular weight excluding hydrogens is 399 g/mol. The number of ether oxygens (including phenoxy) is 1. The van der Waals surface area contributed by atoms with Gasteiger partial charge in [-0.1, -0.05) is 6.58 Å². The first-order valence-electron chi connectivity index (χ1n) is 10.3. The Balaban J connectivity index is 0.00000117. The minimum Gasteiger partial charge on any atom is -0.545 e. The molecule has 0 bridgehead atoms. The van der Waals surface area contributed by atoms with Crippen LogP contribution in [0.1, 0.15) is 64.2 Å². The summed E-state index contributed by atoms with van der Waals surface area (Å²) in [6.07, 6.45) is 14.6. The normalized spacial score (nSPS) is 26.1. The number of nitrogens with two attached hydrogens (primary N) is 1. The van der Waals surface area contributed by atoms with E-state index >= 15 is 0 Å². The SMILES string of the molecule is C=CC(=O)[O-].N#COC1CCC(CC2CCC(NNOCCCN)CC2)CC1.[K+]. The van der Waals surface area contributed by atoms with Crippen LogP contribution >= 0.6 is 0 Å². The molecule has 0 aliphatic heterocycles. The van der Waals surface area contributed by atoms with Gasteiger partial charge in [0.2, 0.25) is 0 Å². The fourth-order valence-corrected chi connectivity index (χ4v) is 3.91. The second-order valence-corrected chi connectivity index (χ2v) is 7.57. The Morgan fingerprint density at radius 1 is 1.17 bits per heavy atom. The van der Waals surface area contributed by atoms with Crippen LogP contribution in [0.4, 0.5) is 0 Å². The van der Waals surface area contributed by atoms with Gasteiger partial charge in [0.1, 0.15) is 6.10 Å². The Kier molecular flexibility index (Phi) is 18.7. The van der Waals surface area contributed by atoms with Crippen LogP contribution in [-0.2, 0) is 14.4 Å². The molecule has 0 heterocycles. The van der Waals surface area contributed by atoms with Gasteiger partial charge in [0, 0.05) is 6.04 Å². The van der Waals surface area contributed by atoms with Gasteiger partial charge in [-0.2, -0.15) is 5.26 Å². The van der Waals surface area contributed by atoms with Crippen molar-refractivity contribution < 1.29 is 70.9 Å². The molecular formula is C20H35KN4O4. The zero-order valence-electron chi connectivity index (χ0n) is 17.7. The fraction of sp³-hybridized carbons (Fsp3) is 0.800. The number of aliphatic carboxylic acids is 1. The average molecular weight is 435 g/mol. The number of nitrogens with one attached hydrogen (secondary N) is 2. The largest absolute Gasteiger partial charge is 1.00 e. The van der Waals surface area contributed by atoms with E-state index in [2.05, 4.69) is 17.6 Å². The van der Waals surface area contributed by atoms with Crippen molar-refractivity contribution in [2.45, 2.75) is 76.4 Å². The van der Waals surface area contributed by atoms with Crippen LogP contribution in [0.15, 0.2) is 12.7 Å². The van der Waals surface area contributed by atoms with Gasteiger partial charge in [-0.15, -0.1) is 5.59 Å². The molecule has 4 N–H and O–H groups in total. The summed E-state index contributed by atoms with van der Waals surface area (Å²) in [6.45, 7) is 4.21. The molecule has 0 atom stereocenters. The van der Waals surface area contributed by atoms with Crippen LogP contribution in [-0.4, -0.2) is 31.3 Å². The fourth-order valence-electron chi connectivity index (χ4n) is 3.91. The first-order valence-corrected chi connectivity index (χ1v) is 10.3. The van der Waals surface area contributed by atoms with Crippen molar-refractivity contribution in [3.8, 4) is 6.26 Å². The van der Waals surface area contributed by atoms with Crippen molar-refractivity contribution in [3.63, 3.8) is 0 Å². The molecule has 0 radical (unpaired) electrons. The maximum Gasteiger partial charge on any atom is 1.00 e. The number of carboxylic acid groups (broad SMARTS) is 1. The van der Waals surface area contributed by atoms with Gasteiger partial charge in [-0.25, -0.2) is 5.43 Å². The molecule has 29 heavy (non-hydrogen) atoms. The summed E-state index contributed by atoms with van der Waals surface area (Å²) >= 11 is 0. The molecule has 2 rings (SSSR count). The van der Waals surface area contributed by atoms with E-state index in [-0.39, 0.29) is 57.5 Å². The number of hydrazine groups is 1. The van der Waals surface area contributed by atoms with Crippen molar-refractivity contribution in [3.05, 3.63) is 12.7 Å². The molecule has 2 aliphatic rings. The minimum absolute atomic E-state index is 0. The summed E-state index contributed by atoms with van der Waals surface area (Å²) in [5.41, 5.74) is 11.5. The predicted octanol–water partition coefficient (Wildman–Crippen LogP) is -1.71. The number of hydrogen-bond acceptors (Lipinski definition) is 8. The standard InChI is InChI=1S/C17H32N4O2.C3H4O2.K/c18-10-1-11-23-21-20-16-6-2-14(3-7-16)12-15-4-8-17(9-5-15)22-13-19;1-2-3(4)5;/h14-17,20-21H,1-12,18H2;2H,1H2,(H,4,5);/q;;+1/p-1. The van der Waals surface area contributed by atoms with Crippen LogP contribution in [0, 0.1) is 23.4 Å². The molecule has 0 saturated heterocycles. The van der Waals surface area contributed by atoms with Crippen LogP contribution in [0.25, 0.3) is 0 Å². The van der Waals surface area contributed by atoms with Crippen LogP contribution in [0.2, 0.25) is 0 Å². The number of carbonyl (C=O) groups is 1. The zero-order valence-corrected chi connectivity index (χ0v) is 20.9. The number of carbonyl (C=O) groups excluding carboxylic acids is 1. The zero-order chi connectivity index (χ0) is 20.6. The average Bonchev–Trinajstić information content (AvgIpc) is 2.71.